The molecule has 0 aromatic rings. The van der Waals surface area contributed by atoms with Crippen molar-refractivity contribution in [3.8, 4) is 0 Å². The molecule has 0 heterocycles. The van der Waals surface area contributed by atoms with E-state index in [2.05, 4.69) is 13.8 Å². The molecule has 0 aromatic carbocycles. The third-order valence-corrected chi connectivity index (χ3v) is 2.30. The maximum Gasteiger partial charge on any atom is 0.0450 e. The van der Waals surface area contributed by atoms with Gasteiger partial charge in [0.1, 0.15) is 0 Å². The van der Waals surface area contributed by atoms with Gasteiger partial charge in [-0.05, 0) is 13.3 Å². The minimum absolute atomic E-state index is 0.701. The first kappa shape index (κ1) is 8.44. The molecule has 0 aliphatic rings. The fourth-order valence-corrected chi connectivity index (χ4v) is 1.59. The summed E-state index contributed by atoms with van der Waals surface area (Å²) in [5, 5.41) is 0.701. The second-order valence-electron chi connectivity index (χ2n) is 1.83. The molecule has 0 aliphatic heterocycles. The molecule has 1 unspecified atom stereocenters. The van der Waals surface area contributed by atoms with Crippen molar-refractivity contribution in [3.63, 3.8) is 0 Å². The highest BCUT2D eigenvalue weighted by Gasteiger charge is 1.97. The molecule has 0 fully saturated rings. The Morgan fingerprint density at radius 2 is 2.25 bits per heavy atom. The van der Waals surface area contributed by atoms with Crippen molar-refractivity contribution in [2.75, 3.05) is 0 Å². The maximum absolute atomic E-state index is 4.90. The van der Waals surface area contributed by atoms with Gasteiger partial charge in [0.2, 0.25) is 0 Å². The van der Waals surface area contributed by atoms with Gasteiger partial charge in [-0.2, -0.15) is 0 Å². The Kier molecular flexibility index (Phi) is 4.57. The molecule has 0 radical (unpaired) electrons. The van der Waals surface area contributed by atoms with Crippen molar-refractivity contribution in [3.05, 3.63) is 0 Å². The van der Waals surface area contributed by atoms with Crippen LogP contribution in [0.15, 0.2) is 0 Å². The second kappa shape index (κ2) is 4.33. The van der Waals surface area contributed by atoms with Gasteiger partial charge in [-0.15, -0.1) is 11.8 Å². The Balaban J connectivity index is 3.24. The van der Waals surface area contributed by atoms with Gasteiger partial charge in [0.25, 0.3) is 0 Å². The Morgan fingerprint density at radius 3 is 2.38 bits per heavy atom. The molecular weight excluding hydrogens is 136 g/mol. The predicted molar refractivity (Wildman–Crippen MR) is 45.6 cm³/mol. The lowest BCUT2D eigenvalue weighted by Gasteiger charge is -2.03. The summed E-state index contributed by atoms with van der Waals surface area (Å²) in [7, 11) is 0. The molecule has 0 saturated carbocycles. The van der Waals surface area contributed by atoms with E-state index in [1.165, 1.54) is 6.42 Å². The first-order chi connectivity index (χ1) is 3.66. The molecule has 0 aliphatic carbocycles. The van der Waals surface area contributed by atoms with Gasteiger partial charge < -0.3 is 0 Å². The molecule has 2 heteroatoms. The molecule has 48 valence electrons. The highest BCUT2D eigenvalue weighted by Crippen LogP contribution is 2.14. The molecule has 1 atom stereocenters. The fourth-order valence-electron chi connectivity index (χ4n) is 0.367. The highest BCUT2D eigenvalue weighted by molar-refractivity contribution is 8.23. The van der Waals surface area contributed by atoms with Crippen LogP contribution in [0.4, 0.5) is 0 Å². The summed E-state index contributed by atoms with van der Waals surface area (Å²) in [6, 6.07) is 0. The molecule has 0 saturated heterocycles. The van der Waals surface area contributed by atoms with Crippen LogP contribution >= 0.6 is 24.0 Å². The van der Waals surface area contributed by atoms with Crippen LogP contribution in [0.25, 0.3) is 0 Å². The van der Waals surface area contributed by atoms with Crippen LogP contribution in [0.1, 0.15) is 27.2 Å². The molecule has 0 amide bonds. The first-order valence-electron chi connectivity index (χ1n) is 2.84. The van der Waals surface area contributed by atoms with E-state index < -0.39 is 0 Å². The molecule has 0 spiro atoms. The number of thioether (sulfide) groups is 1. The molecule has 8 heavy (non-hydrogen) atoms. The van der Waals surface area contributed by atoms with E-state index in [1.54, 1.807) is 11.8 Å². The van der Waals surface area contributed by atoms with Crippen LogP contribution in [-0.2, 0) is 0 Å². The van der Waals surface area contributed by atoms with Gasteiger partial charge in [0, 0.05) is 9.45 Å². The first-order valence-corrected chi connectivity index (χ1v) is 4.12. The zero-order chi connectivity index (χ0) is 6.57. The Bertz CT molecular complexity index is 78.6. The summed E-state index contributed by atoms with van der Waals surface area (Å²) in [5.74, 6) is 0. The van der Waals surface area contributed by atoms with Crippen molar-refractivity contribution >= 4 is 28.2 Å². The molecule has 0 N–H and O–H groups in total. The largest absolute Gasteiger partial charge is 0.116 e. The topological polar surface area (TPSA) is 0 Å². The maximum atomic E-state index is 4.90. The summed E-state index contributed by atoms with van der Waals surface area (Å²) in [6.45, 7) is 6.35. The lowest BCUT2D eigenvalue weighted by atomic mass is 10.4. The Labute approximate surface area is 61.0 Å². The van der Waals surface area contributed by atoms with Crippen LogP contribution in [0.5, 0.6) is 0 Å². The van der Waals surface area contributed by atoms with Crippen molar-refractivity contribution in [1.29, 1.82) is 0 Å². The van der Waals surface area contributed by atoms with E-state index in [4.69, 9.17) is 12.2 Å². The van der Waals surface area contributed by atoms with Gasteiger partial charge in [-0.3, -0.25) is 0 Å². The zero-order valence-electron chi connectivity index (χ0n) is 5.60. The van der Waals surface area contributed by atoms with Crippen LogP contribution in [0.2, 0.25) is 0 Å². The number of hydrogen-bond donors (Lipinski definition) is 0. The molecule has 0 nitrogen and oxygen atoms in total. The molecular formula is C6H12S2. The average Bonchev–Trinajstić information content (AvgIpc) is 1.65. The standard InChI is InChI=1S/C6H12S2/c1-4-5(2)8-6(3)7/h5H,4H2,1-3H3. The summed E-state index contributed by atoms with van der Waals surface area (Å²) >= 11 is 6.69. The quantitative estimate of drug-likeness (QED) is 0.552. The average molecular weight is 148 g/mol. The Hall–Kier alpha value is 0.440. The second-order valence-corrected chi connectivity index (χ2v) is 4.35. The van der Waals surface area contributed by atoms with Crippen molar-refractivity contribution < 1.29 is 0 Å². The van der Waals surface area contributed by atoms with Crippen molar-refractivity contribution in [2.24, 2.45) is 0 Å². The minimum Gasteiger partial charge on any atom is -0.116 e. The highest BCUT2D eigenvalue weighted by atomic mass is 32.2. The number of rotatable bonds is 2. The smallest absolute Gasteiger partial charge is 0.0450 e. The fraction of sp³-hybridized carbons (Fsp3) is 0.833. The lowest BCUT2D eigenvalue weighted by Crippen LogP contribution is -1.94. The summed E-state index contributed by atoms with van der Waals surface area (Å²) in [5.41, 5.74) is 0. The lowest BCUT2D eigenvalue weighted by molar-refractivity contribution is 0.911. The third kappa shape index (κ3) is 4.60. The summed E-state index contributed by atoms with van der Waals surface area (Å²) in [6.07, 6.45) is 1.21. The van der Waals surface area contributed by atoms with Crippen LogP contribution in [-0.4, -0.2) is 9.45 Å². The third-order valence-electron chi connectivity index (χ3n) is 0.942. The van der Waals surface area contributed by atoms with E-state index in [0.717, 1.165) is 4.20 Å². The zero-order valence-corrected chi connectivity index (χ0v) is 7.23. The summed E-state index contributed by atoms with van der Waals surface area (Å²) < 4.78 is 1.05. The number of thiocarbonyl (C=S) groups is 1. The van der Waals surface area contributed by atoms with Crippen molar-refractivity contribution in [2.45, 2.75) is 32.4 Å². The SMILES string of the molecule is CCC(C)SC(C)=S. The van der Waals surface area contributed by atoms with Crippen LogP contribution in [0.3, 0.4) is 0 Å². The van der Waals surface area contributed by atoms with Gasteiger partial charge in [-0.1, -0.05) is 26.1 Å². The van der Waals surface area contributed by atoms with Gasteiger partial charge >= 0.3 is 0 Å². The predicted octanol–water partition coefficient (Wildman–Crippen LogP) is 2.87. The van der Waals surface area contributed by atoms with E-state index >= 15 is 0 Å². The summed E-state index contributed by atoms with van der Waals surface area (Å²) in [4.78, 5) is 0. The van der Waals surface area contributed by atoms with E-state index in [-0.39, 0.29) is 0 Å². The molecule has 0 aromatic heterocycles. The van der Waals surface area contributed by atoms with E-state index in [9.17, 15) is 0 Å². The molecule has 0 rings (SSSR count). The van der Waals surface area contributed by atoms with E-state index in [1.807, 2.05) is 6.92 Å². The normalized spacial score (nSPS) is 13.4. The van der Waals surface area contributed by atoms with E-state index in [0.29, 0.717) is 5.25 Å². The van der Waals surface area contributed by atoms with Gasteiger partial charge in [0.15, 0.2) is 0 Å². The van der Waals surface area contributed by atoms with Gasteiger partial charge in [0.05, 0.1) is 0 Å². The number of hydrogen-bond acceptors (Lipinski definition) is 2. The Morgan fingerprint density at radius 1 is 1.75 bits per heavy atom. The van der Waals surface area contributed by atoms with Crippen molar-refractivity contribution in [1.82, 2.24) is 0 Å². The van der Waals surface area contributed by atoms with Crippen LogP contribution in [0, 0.1) is 0 Å². The minimum atomic E-state index is 0.701. The van der Waals surface area contributed by atoms with Crippen LogP contribution < -0.4 is 0 Å². The molecule has 0 bridgehead atoms. The van der Waals surface area contributed by atoms with Gasteiger partial charge in [-0.25, -0.2) is 0 Å². The monoisotopic (exact) mass is 148 g/mol.